The number of fused-ring (bicyclic) bond motifs is 1. The Morgan fingerprint density at radius 1 is 1.00 bits per heavy atom. The lowest BCUT2D eigenvalue weighted by molar-refractivity contribution is -0.120. The summed E-state index contributed by atoms with van der Waals surface area (Å²) in [5.74, 6) is 0.251. The molecule has 116 valence electrons. The van der Waals surface area contributed by atoms with Crippen molar-refractivity contribution in [3.63, 3.8) is 0 Å². The summed E-state index contributed by atoms with van der Waals surface area (Å²) in [4.78, 5) is 32.8. The molecule has 0 aliphatic carbocycles. The Hall–Kier alpha value is -2.69. The smallest absolute Gasteiger partial charge is 0.253 e. The average Bonchev–Trinajstić information content (AvgIpc) is 3.16. The second kappa shape index (κ2) is 5.50. The van der Waals surface area contributed by atoms with Crippen LogP contribution in [0.15, 0.2) is 54.9 Å². The highest BCUT2D eigenvalue weighted by Gasteiger charge is 2.47. The van der Waals surface area contributed by atoms with E-state index in [1.807, 2.05) is 35.2 Å². The number of anilines is 1. The Bertz CT molecular complexity index is 732. The topological polar surface area (TPSA) is 53.5 Å². The van der Waals surface area contributed by atoms with Gasteiger partial charge in [0.1, 0.15) is 0 Å². The lowest BCUT2D eigenvalue weighted by Crippen LogP contribution is -2.35. The van der Waals surface area contributed by atoms with Gasteiger partial charge in [0, 0.05) is 49.2 Å². The van der Waals surface area contributed by atoms with Crippen molar-refractivity contribution in [3.05, 3.63) is 60.4 Å². The number of likely N-dealkylation sites (tertiary alicyclic amines) is 1. The summed E-state index contributed by atoms with van der Waals surface area (Å²) >= 11 is 0. The first kappa shape index (κ1) is 13.9. The molecule has 2 aromatic rings. The molecule has 5 heteroatoms. The molecule has 1 aromatic carbocycles. The van der Waals surface area contributed by atoms with Gasteiger partial charge in [-0.3, -0.25) is 14.6 Å². The van der Waals surface area contributed by atoms with Crippen LogP contribution in [0.4, 0.5) is 5.69 Å². The second-order valence-corrected chi connectivity index (χ2v) is 6.10. The number of para-hydroxylation sites is 1. The van der Waals surface area contributed by atoms with Gasteiger partial charge in [-0.2, -0.15) is 0 Å². The number of aromatic nitrogens is 1. The van der Waals surface area contributed by atoms with Crippen LogP contribution in [0.3, 0.4) is 0 Å². The summed E-state index contributed by atoms with van der Waals surface area (Å²) < 4.78 is 0. The maximum atomic E-state index is 12.7. The number of nitrogens with zero attached hydrogens (tertiary/aromatic N) is 3. The summed E-state index contributed by atoms with van der Waals surface area (Å²) in [6, 6.07) is 13.2. The fraction of sp³-hybridized carbons (Fsp3) is 0.278. The SMILES string of the molecule is O=C(c1ccncc1)N1C[C@@H]2CN(c3ccccc3)C(=O)[C@H]2C1. The number of pyridine rings is 1. The summed E-state index contributed by atoms with van der Waals surface area (Å²) in [6.45, 7) is 1.84. The fourth-order valence-corrected chi connectivity index (χ4v) is 3.54. The van der Waals surface area contributed by atoms with Crippen molar-refractivity contribution >= 4 is 17.5 Å². The molecule has 0 spiro atoms. The van der Waals surface area contributed by atoms with Gasteiger partial charge < -0.3 is 9.80 Å². The van der Waals surface area contributed by atoms with Crippen LogP contribution in [0.1, 0.15) is 10.4 Å². The van der Waals surface area contributed by atoms with Crippen LogP contribution in [0.5, 0.6) is 0 Å². The maximum Gasteiger partial charge on any atom is 0.253 e. The van der Waals surface area contributed by atoms with E-state index in [0.717, 1.165) is 5.69 Å². The molecule has 0 unspecified atom stereocenters. The van der Waals surface area contributed by atoms with Crippen molar-refractivity contribution in [3.8, 4) is 0 Å². The Balaban J connectivity index is 1.49. The maximum absolute atomic E-state index is 12.7. The zero-order valence-electron chi connectivity index (χ0n) is 12.6. The third-order valence-electron chi connectivity index (χ3n) is 4.72. The number of benzene rings is 1. The standard InChI is InChI=1S/C18H17N3O2/c22-17(13-6-8-19-9-7-13)20-10-14-11-21(18(23)16(14)12-20)15-4-2-1-3-5-15/h1-9,14,16H,10-12H2/t14-,16+/m1/s1. The number of hydrogen-bond acceptors (Lipinski definition) is 3. The average molecular weight is 307 g/mol. The largest absolute Gasteiger partial charge is 0.337 e. The van der Waals surface area contributed by atoms with E-state index in [9.17, 15) is 9.59 Å². The van der Waals surface area contributed by atoms with Gasteiger partial charge in [0.2, 0.25) is 5.91 Å². The van der Waals surface area contributed by atoms with E-state index >= 15 is 0 Å². The molecule has 0 bridgehead atoms. The molecule has 4 rings (SSSR count). The molecule has 2 aliphatic rings. The van der Waals surface area contributed by atoms with Crippen LogP contribution in [0, 0.1) is 11.8 Å². The molecule has 2 fully saturated rings. The molecular weight excluding hydrogens is 290 g/mol. The van der Waals surface area contributed by atoms with Crippen molar-refractivity contribution in [2.45, 2.75) is 0 Å². The number of rotatable bonds is 2. The molecule has 3 heterocycles. The normalized spacial score (nSPS) is 23.2. The summed E-state index contributed by atoms with van der Waals surface area (Å²) in [5.41, 5.74) is 1.58. The van der Waals surface area contributed by atoms with Crippen LogP contribution in [-0.4, -0.2) is 41.3 Å². The lowest BCUT2D eigenvalue weighted by atomic mass is 10.0. The van der Waals surface area contributed by atoms with Crippen LogP contribution in [0.25, 0.3) is 0 Å². The van der Waals surface area contributed by atoms with Gasteiger partial charge in [-0.15, -0.1) is 0 Å². The molecule has 5 nitrogen and oxygen atoms in total. The first-order valence-corrected chi connectivity index (χ1v) is 7.80. The van der Waals surface area contributed by atoms with Crippen molar-refractivity contribution in [1.82, 2.24) is 9.88 Å². The minimum absolute atomic E-state index is 0.0131. The highest BCUT2D eigenvalue weighted by Crippen LogP contribution is 2.35. The third kappa shape index (κ3) is 2.38. The van der Waals surface area contributed by atoms with Crippen molar-refractivity contribution in [1.29, 1.82) is 0 Å². The Morgan fingerprint density at radius 3 is 2.43 bits per heavy atom. The zero-order valence-corrected chi connectivity index (χ0v) is 12.6. The van der Waals surface area contributed by atoms with Gasteiger partial charge in [0.05, 0.1) is 5.92 Å². The van der Waals surface area contributed by atoms with Crippen LogP contribution < -0.4 is 4.90 Å². The van der Waals surface area contributed by atoms with Gasteiger partial charge in [-0.1, -0.05) is 18.2 Å². The predicted octanol–water partition coefficient (Wildman–Crippen LogP) is 1.82. The van der Waals surface area contributed by atoms with E-state index in [1.165, 1.54) is 0 Å². The Labute approximate surface area is 134 Å². The van der Waals surface area contributed by atoms with Crippen LogP contribution in [-0.2, 0) is 4.79 Å². The zero-order chi connectivity index (χ0) is 15.8. The predicted molar refractivity (Wildman–Crippen MR) is 85.9 cm³/mol. The van der Waals surface area contributed by atoms with E-state index < -0.39 is 0 Å². The Morgan fingerprint density at radius 2 is 1.74 bits per heavy atom. The van der Waals surface area contributed by atoms with Gasteiger partial charge in [0.25, 0.3) is 5.91 Å². The lowest BCUT2D eigenvalue weighted by Gasteiger charge is -2.22. The molecule has 1 aromatic heterocycles. The monoisotopic (exact) mass is 307 g/mol. The minimum Gasteiger partial charge on any atom is -0.337 e. The molecule has 2 amide bonds. The van der Waals surface area contributed by atoms with Gasteiger partial charge >= 0.3 is 0 Å². The minimum atomic E-state index is -0.0824. The molecule has 2 atom stereocenters. The number of carbonyl (C=O) groups excluding carboxylic acids is 2. The quantitative estimate of drug-likeness (QED) is 0.850. The summed E-state index contributed by atoms with van der Waals surface area (Å²) in [7, 11) is 0. The van der Waals surface area contributed by atoms with E-state index in [2.05, 4.69) is 4.98 Å². The number of amides is 2. The molecular formula is C18H17N3O2. The molecule has 0 N–H and O–H groups in total. The molecule has 23 heavy (non-hydrogen) atoms. The van der Waals surface area contributed by atoms with E-state index in [1.54, 1.807) is 29.4 Å². The highest BCUT2D eigenvalue weighted by molar-refractivity contribution is 6.00. The molecule has 2 aliphatic heterocycles. The summed E-state index contributed by atoms with van der Waals surface area (Å²) in [5, 5.41) is 0. The van der Waals surface area contributed by atoms with Crippen molar-refractivity contribution < 1.29 is 9.59 Å². The van der Waals surface area contributed by atoms with Crippen LogP contribution in [0.2, 0.25) is 0 Å². The first-order valence-electron chi connectivity index (χ1n) is 7.80. The first-order chi connectivity index (χ1) is 11.2. The molecule has 2 saturated heterocycles. The van der Waals surface area contributed by atoms with E-state index in [4.69, 9.17) is 0 Å². The van der Waals surface area contributed by atoms with Gasteiger partial charge in [-0.05, 0) is 24.3 Å². The Kier molecular flexibility index (Phi) is 3.33. The molecule has 0 radical (unpaired) electrons. The summed E-state index contributed by atoms with van der Waals surface area (Å²) in [6.07, 6.45) is 3.23. The number of hydrogen-bond donors (Lipinski definition) is 0. The van der Waals surface area contributed by atoms with Crippen molar-refractivity contribution in [2.24, 2.45) is 11.8 Å². The van der Waals surface area contributed by atoms with Gasteiger partial charge in [-0.25, -0.2) is 0 Å². The molecule has 0 saturated carbocycles. The number of carbonyl (C=O) groups is 2. The fourth-order valence-electron chi connectivity index (χ4n) is 3.54. The van der Waals surface area contributed by atoms with E-state index in [0.29, 0.717) is 25.2 Å². The second-order valence-electron chi connectivity index (χ2n) is 6.10. The van der Waals surface area contributed by atoms with Crippen LogP contribution >= 0.6 is 0 Å². The van der Waals surface area contributed by atoms with Gasteiger partial charge in [0.15, 0.2) is 0 Å². The highest BCUT2D eigenvalue weighted by atomic mass is 16.2. The van der Waals surface area contributed by atoms with E-state index in [-0.39, 0.29) is 23.7 Å². The van der Waals surface area contributed by atoms with Crippen molar-refractivity contribution in [2.75, 3.05) is 24.5 Å². The third-order valence-corrected chi connectivity index (χ3v) is 4.72.